The fraction of sp³-hybridized carbons (Fsp3) is 0.435. The number of nitrogens with zero attached hydrogens (tertiary/aromatic N) is 2. The molecule has 2 fully saturated rings. The average Bonchev–Trinajstić information content (AvgIpc) is 2.85. The highest BCUT2D eigenvalue weighted by atomic mass is 32.2. The molecule has 178 valence electrons. The van der Waals surface area contributed by atoms with Crippen molar-refractivity contribution in [1.82, 2.24) is 8.61 Å². The Bertz CT molecular complexity index is 1180. The topological polar surface area (TPSA) is 104 Å². The number of benzene rings is 2. The SMILES string of the molecule is O=C(Nc1ccc(S(=O)(=O)N2CCCCC2)cc1)[C@@H]1CCCN(S(=O)(=O)c2ccccc2)C1. The second-order valence-electron chi connectivity index (χ2n) is 8.49. The molecule has 0 bridgehead atoms. The molecule has 0 radical (unpaired) electrons. The molecule has 1 N–H and O–H groups in total. The van der Waals surface area contributed by atoms with Crippen LogP contribution in [0.5, 0.6) is 0 Å². The predicted octanol–water partition coefficient (Wildman–Crippen LogP) is 2.90. The Hall–Kier alpha value is -2.27. The van der Waals surface area contributed by atoms with Crippen molar-refractivity contribution in [2.45, 2.75) is 41.9 Å². The first-order chi connectivity index (χ1) is 15.8. The van der Waals surface area contributed by atoms with Crippen LogP contribution < -0.4 is 5.32 Å². The van der Waals surface area contributed by atoms with Crippen LogP contribution in [0.3, 0.4) is 0 Å². The number of amides is 1. The quantitative estimate of drug-likeness (QED) is 0.669. The number of hydrogen-bond acceptors (Lipinski definition) is 5. The van der Waals surface area contributed by atoms with E-state index >= 15 is 0 Å². The summed E-state index contributed by atoms with van der Waals surface area (Å²) < 4.78 is 54.3. The number of carbonyl (C=O) groups excluding carboxylic acids is 1. The molecule has 2 saturated heterocycles. The van der Waals surface area contributed by atoms with E-state index in [-0.39, 0.29) is 22.2 Å². The zero-order chi connectivity index (χ0) is 23.5. The summed E-state index contributed by atoms with van der Waals surface area (Å²) in [4.78, 5) is 13.3. The van der Waals surface area contributed by atoms with Crippen LogP contribution in [-0.4, -0.2) is 57.5 Å². The number of hydrogen-bond donors (Lipinski definition) is 1. The first-order valence-corrected chi connectivity index (χ1v) is 14.1. The van der Waals surface area contributed by atoms with Crippen molar-refractivity contribution in [1.29, 1.82) is 0 Å². The molecule has 2 aromatic rings. The second kappa shape index (κ2) is 9.92. The van der Waals surface area contributed by atoms with Gasteiger partial charge in [-0.15, -0.1) is 0 Å². The van der Waals surface area contributed by atoms with Crippen molar-refractivity contribution in [3.05, 3.63) is 54.6 Å². The molecule has 2 aliphatic rings. The zero-order valence-corrected chi connectivity index (χ0v) is 20.0. The van der Waals surface area contributed by atoms with Gasteiger partial charge in [-0.3, -0.25) is 4.79 Å². The van der Waals surface area contributed by atoms with Crippen molar-refractivity contribution < 1.29 is 21.6 Å². The lowest BCUT2D eigenvalue weighted by molar-refractivity contribution is -0.120. The molecule has 0 aromatic heterocycles. The van der Waals surface area contributed by atoms with Crippen LogP contribution in [-0.2, 0) is 24.8 Å². The van der Waals surface area contributed by atoms with Crippen LogP contribution in [0.4, 0.5) is 5.69 Å². The first-order valence-electron chi connectivity index (χ1n) is 11.2. The number of anilines is 1. The molecule has 0 spiro atoms. The van der Waals surface area contributed by atoms with E-state index in [1.807, 2.05) is 0 Å². The summed E-state index contributed by atoms with van der Waals surface area (Å²) in [5, 5.41) is 2.81. The van der Waals surface area contributed by atoms with E-state index in [1.54, 1.807) is 42.5 Å². The van der Waals surface area contributed by atoms with Crippen LogP contribution in [0.1, 0.15) is 32.1 Å². The van der Waals surface area contributed by atoms with Gasteiger partial charge < -0.3 is 5.32 Å². The van der Waals surface area contributed by atoms with Crippen molar-refractivity contribution >= 4 is 31.6 Å². The molecule has 2 aliphatic heterocycles. The van der Waals surface area contributed by atoms with Gasteiger partial charge in [0.25, 0.3) is 0 Å². The lowest BCUT2D eigenvalue weighted by Gasteiger charge is -2.31. The number of nitrogens with one attached hydrogen (secondary N) is 1. The molecule has 1 amide bonds. The summed E-state index contributed by atoms with van der Waals surface area (Å²) in [5.74, 6) is -0.747. The minimum Gasteiger partial charge on any atom is -0.326 e. The minimum atomic E-state index is -3.65. The normalized spacial score (nSPS) is 20.9. The maximum Gasteiger partial charge on any atom is 0.243 e. The van der Waals surface area contributed by atoms with Gasteiger partial charge in [0.15, 0.2) is 0 Å². The monoisotopic (exact) mass is 491 g/mol. The van der Waals surface area contributed by atoms with E-state index in [9.17, 15) is 21.6 Å². The highest BCUT2D eigenvalue weighted by Crippen LogP contribution is 2.26. The fourth-order valence-corrected chi connectivity index (χ4v) is 7.39. The predicted molar refractivity (Wildman–Crippen MR) is 126 cm³/mol. The number of sulfonamides is 2. The van der Waals surface area contributed by atoms with Gasteiger partial charge in [0, 0.05) is 31.9 Å². The molecular weight excluding hydrogens is 462 g/mol. The molecule has 2 aromatic carbocycles. The Labute approximate surface area is 195 Å². The lowest BCUT2D eigenvalue weighted by atomic mass is 9.99. The minimum absolute atomic E-state index is 0.116. The van der Waals surface area contributed by atoms with Crippen LogP contribution in [0.15, 0.2) is 64.4 Å². The Morgan fingerprint density at radius 1 is 0.727 bits per heavy atom. The van der Waals surface area contributed by atoms with Gasteiger partial charge in [0.05, 0.1) is 15.7 Å². The third-order valence-corrected chi connectivity index (χ3v) is 10.0. The van der Waals surface area contributed by atoms with E-state index in [0.29, 0.717) is 38.2 Å². The number of rotatable bonds is 6. The standard InChI is InChI=1S/C23H29N3O5S2/c27-23(19-8-7-17-26(18-19)33(30,31)21-9-3-1-4-10-21)24-20-11-13-22(14-12-20)32(28,29)25-15-5-2-6-16-25/h1,3-4,9-14,19H,2,5-8,15-18H2,(H,24,27)/t19-/m1/s1. The molecule has 33 heavy (non-hydrogen) atoms. The van der Waals surface area contributed by atoms with Gasteiger partial charge in [0.2, 0.25) is 26.0 Å². The summed E-state index contributed by atoms with van der Waals surface area (Å²) in [5.41, 5.74) is 0.487. The summed E-state index contributed by atoms with van der Waals surface area (Å²) in [6, 6.07) is 14.4. The van der Waals surface area contributed by atoms with Gasteiger partial charge in [-0.25, -0.2) is 16.8 Å². The smallest absolute Gasteiger partial charge is 0.243 e. The fourth-order valence-electron chi connectivity index (χ4n) is 4.33. The largest absolute Gasteiger partial charge is 0.326 e. The van der Waals surface area contributed by atoms with Crippen LogP contribution in [0.25, 0.3) is 0 Å². The van der Waals surface area contributed by atoms with E-state index in [2.05, 4.69) is 5.32 Å². The number of piperidine rings is 2. The van der Waals surface area contributed by atoms with Gasteiger partial charge in [-0.1, -0.05) is 24.6 Å². The molecule has 4 rings (SSSR count). The summed E-state index contributed by atoms with van der Waals surface area (Å²) in [6.07, 6.45) is 3.96. The molecule has 0 unspecified atom stereocenters. The average molecular weight is 492 g/mol. The summed E-state index contributed by atoms with van der Waals surface area (Å²) in [7, 11) is -7.18. The van der Waals surface area contributed by atoms with Crippen molar-refractivity contribution in [3.63, 3.8) is 0 Å². The van der Waals surface area contributed by atoms with Crippen LogP contribution in [0.2, 0.25) is 0 Å². The maximum absolute atomic E-state index is 12.9. The third-order valence-electron chi connectivity index (χ3n) is 6.21. The molecule has 0 saturated carbocycles. The lowest BCUT2D eigenvalue weighted by Crippen LogP contribution is -2.43. The van der Waals surface area contributed by atoms with E-state index in [4.69, 9.17) is 0 Å². The molecule has 0 aliphatic carbocycles. The molecular formula is C23H29N3O5S2. The molecule has 8 nitrogen and oxygen atoms in total. The highest BCUT2D eigenvalue weighted by molar-refractivity contribution is 7.89. The van der Waals surface area contributed by atoms with Gasteiger partial charge in [-0.2, -0.15) is 8.61 Å². The first kappa shape index (κ1) is 23.9. The second-order valence-corrected chi connectivity index (χ2v) is 12.4. The Balaban J connectivity index is 1.41. The third kappa shape index (κ3) is 5.29. The van der Waals surface area contributed by atoms with Gasteiger partial charge >= 0.3 is 0 Å². The van der Waals surface area contributed by atoms with Crippen molar-refractivity contribution in [2.75, 3.05) is 31.5 Å². The molecule has 1 atom stereocenters. The van der Waals surface area contributed by atoms with Crippen LogP contribution >= 0.6 is 0 Å². The Morgan fingerprint density at radius 2 is 1.30 bits per heavy atom. The van der Waals surface area contributed by atoms with E-state index < -0.39 is 26.0 Å². The van der Waals surface area contributed by atoms with Crippen molar-refractivity contribution in [3.8, 4) is 0 Å². The summed E-state index contributed by atoms with van der Waals surface area (Å²) in [6.45, 7) is 1.56. The zero-order valence-electron chi connectivity index (χ0n) is 18.4. The van der Waals surface area contributed by atoms with Crippen LogP contribution in [0, 0.1) is 5.92 Å². The Morgan fingerprint density at radius 3 is 1.97 bits per heavy atom. The van der Waals surface area contributed by atoms with Gasteiger partial charge in [-0.05, 0) is 62.1 Å². The number of carbonyl (C=O) groups is 1. The molecule has 10 heteroatoms. The van der Waals surface area contributed by atoms with Gasteiger partial charge in [0.1, 0.15) is 0 Å². The van der Waals surface area contributed by atoms with E-state index in [0.717, 1.165) is 19.3 Å². The molecule has 2 heterocycles. The summed E-state index contributed by atoms with van der Waals surface area (Å²) >= 11 is 0. The maximum atomic E-state index is 12.9. The highest BCUT2D eigenvalue weighted by Gasteiger charge is 2.33. The van der Waals surface area contributed by atoms with Crippen molar-refractivity contribution in [2.24, 2.45) is 5.92 Å². The van der Waals surface area contributed by atoms with E-state index in [1.165, 1.54) is 20.7 Å². The Kier molecular flexibility index (Phi) is 7.18.